The van der Waals surface area contributed by atoms with E-state index in [0.29, 0.717) is 25.4 Å². The lowest BCUT2D eigenvalue weighted by Crippen LogP contribution is -2.44. The number of aryl methyl sites for hydroxylation is 2. The lowest BCUT2D eigenvalue weighted by molar-refractivity contribution is -0.117. The number of unbranched alkanes of at least 4 members (excludes halogenated alkanes) is 1. The minimum atomic E-state index is -0.639. The zero-order valence-corrected chi connectivity index (χ0v) is 19.2. The second-order valence-corrected chi connectivity index (χ2v) is 8.35. The number of carbonyl (C=O) groups is 1. The van der Waals surface area contributed by atoms with Gasteiger partial charge >= 0.3 is 5.69 Å². The van der Waals surface area contributed by atoms with E-state index in [1.807, 2.05) is 52.8 Å². The SMILES string of the molecule is CCCCn1c(N)c(N(CCC(C)C)C(=O)CNc2c(C)cccc2C)c(=O)[nH]c1=O. The number of hydrogen-bond acceptors (Lipinski definition) is 5. The highest BCUT2D eigenvalue weighted by atomic mass is 16.2. The molecule has 1 heterocycles. The van der Waals surface area contributed by atoms with Gasteiger partial charge in [0.05, 0.1) is 6.54 Å². The maximum atomic E-state index is 13.2. The van der Waals surface area contributed by atoms with Gasteiger partial charge in [0.25, 0.3) is 5.56 Å². The van der Waals surface area contributed by atoms with Crippen molar-refractivity contribution in [2.75, 3.05) is 29.0 Å². The molecule has 1 aromatic heterocycles. The molecule has 8 nitrogen and oxygen atoms in total. The van der Waals surface area contributed by atoms with Crippen molar-refractivity contribution >= 4 is 23.1 Å². The summed E-state index contributed by atoms with van der Waals surface area (Å²) in [6.07, 6.45) is 2.31. The van der Waals surface area contributed by atoms with Crippen molar-refractivity contribution in [3.8, 4) is 0 Å². The number of amides is 1. The Bertz CT molecular complexity index is 1000. The number of nitrogens with one attached hydrogen (secondary N) is 2. The molecule has 1 amide bonds. The molecule has 0 saturated heterocycles. The van der Waals surface area contributed by atoms with Gasteiger partial charge in [-0.2, -0.15) is 0 Å². The minimum absolute atomic E-state index is 0.0107. The van der Waals surface area contributed by atoms with E-state index in [9.17, 15) is 14.4 Å². The van der Waals surface area contributed by atoms with E-state index < -0.39 is 11.2 Å². The van der Waals surface area contributed by atoms with E-state index in [0.717, 1.165) is 29.7 Å². The third-order valence-corrected chi connectivity index (χ3v) is 5.35. The van der Waals surface area contributed by atoms with Crippen LogP contribution in [0, 0.1) is 19.8 Å². The number of aromatic amines is 1. The monoisotopic (exact) mass is 429 g/mol. The largest absolute Gasteiger partial charge is 0.383 e. The molecule has 4 N–H and O–H groups in total. The van der Waals surface area contributed by atoms with E-state index >= 15 is 0 Å². The molecule has 0 bridgehead atoms. The third-order valence-electron chi connectivity index (χ3n) is 5.35. The zero-order chi connectivity index (χ0) is 23.1. The van der Waals surface area contributed by atoms with Crippen LogP contribution in [-0.2, 0) is 11.3 Å². The summed E-state index contributed by atoms with van der Waals surface area (Å²) >= 11 is 0. The van der Waals surface area contributed by atoms with Crippen LogP contribution in [0.1, 0.15) is 51.2 Å². The number of para-hydroxylation sites is 1. The third kappa shape index (κ3) is 5.99. The first kappa shape index (κ1) is 24.2. The highest BCUT2D eigenvalue weighted by Gasteiger charge is 2.24. The summed E-state index contributed by atoms with van der Waals surface area (Å²) in [6.45, 7) is 10.8. The normalized spacial score (nSPS) is 11.0. The average Bonchev–Trinajstić information content (AvgIpc) is 2.69. The van der Waals surface area contributed by atoms with Gasteiger partial charge in [0.2, 0.25) is 5.91 Å². The molecule has 2 aromatic rings. The van der Waals surface area contributed by atoms with Gasteiger partial charge in [-0.25, -0.2) is 4.79 Å². The molecule has 0 aliphatic carbocycles. The Labute approximate surface area is 183 Å². The topological polar surface area (TPSA) is 113 Å². The van der Waals surface area contributed by atoms with Crippen molar-refractivity contribution in [3.05, 3.63) is 50.2 Å². The molecule has 0 aliphatic heterocycles. The van der Waals surface area contributed by atoms with Crippen molar-refractivity contribution in [1.82, 2.24) is 9.55 Å². The Morgan fingerprint density at radius 2 is 1.87 bits per heavy atom. The van der Waals surface area contributed by atoms with E-state index in [-0.39, 0.29) is 24.0 Å². The summed E-state index contributed by atoms with van der Waals surface area (Å²) in [5.74, 6) is 0.0840. The number of nitrogen functional groups attached to an aromatic ring is 1. The first-order valence-corrected chi connectivity index (χ1v) is 10.9. The van der Waals surface area contributed by atoms with Crippen LogP contribution in [0.3, 0.4) is 0 Å². The molecule has 170 valence electrons. The van der Waals surface area contributed by atoms with Gasteiger partial charge in [-0.3, -0.25) is 19.1 Å². The van der Waals surface area contributed by atoms with Gasteiger partial charge < -0.3 is 16.0 Å². The number of nitrogens with zero attached hydrogens (tertiary/aromatic N) is 2. The van der Waals surface area contributed by atoms with Gasteiger partial charge in [-0.1, -0.05) is 45.4 Å². The van der Waals surface area contributed by atoms with Gasteiger partial charge in [0, 0.05) is 18.8 Å². The van der Waals surface area contributed by atoms with Crippen LogP contribution in [0.5, 0.6) is 0 Å². The molecule has 0 saturated carbocycles. The summed E-state index contributed by atoms with van der Waals surface area (Å²) in [5, 5.41) is 3.21. The fraction of sp³-hybridized carbons (Fsp3) is 0.522. The van der Waals surface area contributed by atoms with E-state index in [1.54, 1.807) is 0 Å². The number of carbonyl (C=O) groups excluding carboxylic acids is 1. The predicted molar refractivity (Wildman–Crippen MR) is 127 cm³/mol. The molecular weight excluding hydrogens is 394 g/mol. The first-order valence-electron chi connectivity index (χ1n) is 10.9. The summed E-state index contributed by atoms with van der Waals surface area (Å²) in [6, 6.07) is 5.91. The lowest BCUT2D eigenvalue weighted by Gasteiger charge is -2.26. The Morgan fingerprint density at radius 1 is 1.23 bits per heavy atom. The standard InChI is InChI=1S/C23H35N5O3/c1-6-7-12-28-21(24)20(22(30)26-23(28)31)27(13-11-15(2)3)18(29)14-25-19-16(4)9-8-10-17(19)5/h8-10,15,25H,6-7,11-14,24H2,1-5H3,(H,26,30,31). The fourth-order valence-electron chi connectivity index (χ4n) is 3.48. The van der Waals surface area contributed by atoms with Crippen LogP contribution >= 0.6 is 0 Å². The van der Waals surface area contributed by atoms with Gasteiger partial charge in [-0.15, -0.1) is 0 Å². The van der Waals surface area contributed by atoms with Crippen LogP contribution in [0.15, 0.2) is 27.8 Å². The number of H-pyrrole nitrogens is 1. The average molecular weight is 430 g/mol. The highest BCUT2D eigenvalue weighted by molar-refractivity contribution is 5.98. The quantitative estimate of drug-likeness (QED) is 0.537. The number of benzene rings is 1. The molecule has 0 unspecified atom stereocenters. The smallest absolute Gasteiger partial charge is 0.330 e. The molecule has 0 aliphatic rings. The number of aromatic nitrogens is 2. The van der Waals surface area contributed by atoms with Crippen LogP contribution < -0.4 is 27.2 Å². The molecule has 0 radical (unpaired) electrons. The Hall–Kier alpha value is -3.03. The molecule has 2 rings (SSSR count). The molecule has 0 fully saturated rings. The number of nitrogens with two attached hydrogens (primary N) is 1. The van der Waals surface area contributed by atoms with Crippen LogP contribution in [0.4, 0.5) is 17.2 Å². The zero-order valence-electron chi connectivity index (χ0n) is 19.2. The number of rotatable bonds is 10. The highest BCUT2D eigenvalue weighted by Crippen LogP contribution is 2.21. The first-order chi connectivity index (χ1) is 14.7. The maximum Gasteiger partial charge on any atom is 0.330 e. The molecule has 0 spiro atoms. The number of hydrogen-bond donors (Lipinski definition) is 3. The van der Waals surface area contributed by atoms with Crippen molar-refractivity contribution in [2.24, 2.45) is 5.92 Å². The van der Waals surface area contributed by atoms with E-state index in [1.165, 1.54) is 9.47 Å². The molecule has 1 aromatic carbocycles. The van der Waals surface area contributed by atoms with Gasteiger partial charge in [-0.05, 0) is 43.7 Å². The van der Waals surface area contributed by atoms with E-state index in [2.05, 4.69) is 10.3 Å². The molecule has 0 atom stereocenters. The summed E-state index contributed by atoms with van der Waals surface area (Å²) in [7, 11) is 0. The van der Waals surface area contributed by atoms with Crippen molar-refractivity contribution < 1.29 is 4.79 Å². The van der Waals surface area contributed by atoms with Crippen molar-refractivity contribution in [3.63, 3.8) is 0 Å². The van der Waals surface area contributed by atoms with Crippen LogP contribution in [-0.4, -0.2) is 28.5 Å². The van der Waals surface area contributed by atoms with Crippen LogP contribution in [0.25, 0.3) is 0 Å². The predicted octanol–water partition coefficient (Wildman–Crippen LogP) is 3.03. The lowest BCUT2D eigenvalue weighted by atomic mass is 10.1. The Balaban J connectivity index is 2.41. The Morgan fingerprint density at radius 3 is 2.45 bits per heavy atom. The number of anilines is 3. The summed E-state index contributed by atoms with van der Waals surface area (Å²) < 4.78 is 1.34. The summed E-state index contributed by atoms with van der Waals surface area (Å²) in [4.78, 5) is 41.9. The fourth-order valence-corrected chi connectivity index (χ4v) is 3.48. The van der Waals surface area contributed by atoms with Crippen molar-refractivity contribution in [1.29, 1.82) is 0 Å². The van der Waals surface area contributed by atoms with E-state index in [4.69, 9.17) is 5.73 Å². The summed E-state index contributed by atoms with van der Waals surface area (Å²) in [5.41, 5.74) is 8.08. The molecule has 31 heavy (non-hydrogen) atoms. The van der Waals surface area contributed by atoms with Gasteiger partial charge in [0.15, 0.2) is 5.69 Å². The Kier molecular flexibility index (Phi) is 8.47. The van der Waals surface area contributed by atoms with Crippen molar-refractivity contribution in [2.45, 2.75) is 60.4 Å². The second-order valence-electron chi connectivity index (χ2n) is 8.35. The molecule has 8 heteroatoms. The van der Waals surface area contributed by atoms with Crippen LogP contribution in [0.2, 0.25) is 0 Å². The molecular formula is C23H35N5O3. The van der Waals surface area contributed by atoms with Gasteiger partial charge in [0.1, 0.15) is 5.82 Å². The second kappa shape index (κ2) is 10.8. The minimum Gasteiger partial charge on any atom is -0.383 e. The maximum absolute atomic E-state index is 13.2.